The standard InChI is InChI=1S/C16H14N2O2/c1-11-7-8-18-15(9-11)17-13(10-16(18)19)12-5-3-4-6-14(12)20-2/h3-10H,1-2H3. The summed E-state index contributed by atoms with van der Waals surface area (Å²) in [6, 6.07) is 12.8. The minimum absolute atomic E-state index is 0.101. The number of nitrogens with zero attached hydrogens (tertiary/aromatic N) is 2. The topological polar surface area (TPSA) is 43.6 Å². The molecule has 0 spiro atoms. The number of para-hydroxylation sites is 1. The molecule has 2 heterocycles. The smallest absolute Gasteiger partial charge is 0.258 e. The van der Waals surface area contributed by atoms with E-state index < -0.39 is 0 Å². The monoisotopic (exact) mass is 266 g/mol. The molecule has 0 saturated carbocycles. The maximum atomic E-state index is 12.2. The molecular weight excluding hydrogens is 252 g/mol. The van der Waals surface area contributed by atoms with Crippen LogP contribution < -0.4 is 10.3 Å². The summed E-state index contributed by atoms with van der Waals surface area (Å²) in [6.45, 7) is 1.97. The van der Waals surface area contributed by atoms with Crippen molar-refractivity contribution in [3.05, 3.63) is 64.6 Å². The van der Waals surface area contributed by atoms with Crippen molar-refractivity contribution in [2.24, 2.45) is 0 Å². The van der Waals surface area contributed by atoms with Gasteiger partial charge in [0, 0.05) is 17.8 Å². The second-order valence-electron chi connectivity index (χ2n) is 4.61. The van der Waals surface area contributed by atoms with Crippen LogP contribution in [0.3, 0.4) is 0 Å². The Morgan fingerprint density at radius 3 is 2.75 bits per heavy atom. The molecule has 0 saturated heterocycles. The highest BCUT2D eigenvalue weighted by Crippen LogP contribution is 2.27. The van der Waals surface area contributed by atoms with Crippen molar-refractivity contribution in [2.45, 2.75) is 6.92 Å². The van der Waals surface area contributed by atoms with Gasteiger partial charge in [0.2, 0.25) is 0 Å². The molecule has 0 amide bonds. The molecular formula is C16H14N2O2. The van der Waals surface area contributed by atoms with E-state index in [2.05, 4.69) is 4.98 Å². The third kappa shape index (κ3) is 2.05. The summed E-state index contributed by atoms with van der Waals surface area (Å²) in [5.74, 6) is 0.705. The van der Waals surface area contributed by atoms with Gasteiger partial charge >= 0.3 is 0 Å². The minimum Gasteiger partial charge on any atom is -0.496 e. The van der Waals surface area contributed by atoms with Gasteiger partial charge in [0.1, 0.15) is 11.4 Å². The highest BCUT2D eigenvalue weighted by atomic mass is 16.5. The SMILES string of the molecule is COc1ccccc1-c1cc(=O)n2ccc(C)cc2n1. The van der Waals surface area contributed by atoms with E-state index in [4.69, 9.17) is 4.74 Å². The van der Waals surface area contributed by atoms with Crippen molar-refractivity contribution in [2.75, 3.05) is 7.11 Å². The number of fused-ring (bicyclic) bond motifs is 1. The Hall–Kier alpha value is -2.62. The van der Waals surface area contributed by atoms with Gasteiger partial charge in [0.05, 0.1) is 12.8 Å². The van der Waals surface area contributed by atoms with Gasteiger partial charge in [-0.05, 0) is 36.8 Å². The van der Waals surface area contributed by atoms with E-state index in [9.17, 15) is 4.79 Å². The molecule has 20 heavy (non-hydrogen) atoms. The number of aryl methyl sites for hydroxylation is 1. The summed E-state index contributed by atoms with van der Waals surface area (Å²) >= 11 is 0. The van der Waals surface area contributed by atoms with Crippen molar-refractivity contribution in [1.29, 1.82) is 0 Å². The average molecular weight is 266 g/mol. The van der Waals surface area contributed by atoms with E-state index >= 15 is 0 Å². The van der Waals surface area contributed by atoms with Gasteiger partial charge in [-0.15, -0.1) is 0 Å². The molecule has 3 aromatic rings. The van der Waals surface area contributed by atoms with Crippen molar-refractivity contribution >= 4 is 5.65 Å². The molecule has 3 rings (SSSR count). The van der Waals surface area contributed by atoms with Crippen molar-refractivity contribution in [3.63, 3.8) is 0 Å². The predicted octanol–water partition coefficient (Wildman–Crippen LogP) is 2.68. The molecule has 0 bridgehead atoms. The van der Waals surface area contributed by atoms with E-state index in [0.717, 1.165) is 11.1 Å². The van der Waals surface area contributed by atoms with Crippen molar-refractivity contribution in [1.82, 2.24) is 9.38 Å². The first-order valence-corrected chi connectivity index (χ1v) is 6.32. The first kappa shape index (κ1) is 12.4. The Kier molecular flexibility index (Phi) is 2.99. The van der Waals surface area contributed by atoms with E-state index in [1.807, 2.05) is 43.3 Å². The fraction of sp³-hybridized carbons (Fsp3) is 0.125. The number of ether oxygens (including phenoxy) is 1. The zero-order chi connectivity index (χ0) is 14.1. The molecule has 4 nitrogen and oxygen atoms in total. The van der Waals surface area contributed by atoms with E-state index in [-0.39, 0.29) is 5.56 Å². The fourth-order valence-corrected chi connectivity index (χ4v) is 2.20. The second kappa shape index (κ2) is 4.81. The van der Waals surface area contributed by atoms with E-state index in [1.54, 1.807) is 13.3 Å². The molecule has 0 N–H and O–H groups in total. The van der Waals surface area contributed by atoms with Gasteiger partial charge < -0.3 is 4.74 Å². The first-order chi connectivity index (χ1) is 9.69. The first-order valence-electron chi connectivity index (χ1n) is 6.32. The Morgan fingerprint density at radius 2 is 1.95 bits per heavy atom. The highest BCUT2D eigenvalue weighted by Gasteiger charge is 2.09. The number of rotatable bonds is 2. The number of hydrogen-bond donors (Lipinski definition) is 0. The quantitative estimate of drug-likeness (QED) is 0.716. The summed E-state index contributed by atoms with van der Waals surface area (Å²) in [5, 5.41) is 0. The molecule has 0 aliphatic carbocycles. The normalized spacial score (nSPS) is 10.7. The number of benzene rings is 1. The summed E-state index contributed by atoms with van der Waals surface area (Å²) in [5.41, 5.74) is 3.04. The number of aromatic nitrogens is 2. The van der Waals surface area contributed by atoms with Crippen LogP contribution in [0.2, 0.25) is 0 Å². The number of pyridine rings is 1. The summed E-state index contributed by atoms with van der Waals surface area (Å²) in [4.78, 5) is 16.7. The maximum Gasteiger partial charge on any atom is 0.258 e. The van der Waals surface area contributed by atoms with Crippen LogP contribution in [-0.4, -0.2) is 16.5 Å². The highest BCUT2D eigenvalue weighted by molar-refractivity contribution is 5.68. The van der Waals surface area contributed by atoms with E-state index in [1.165, 1.54) is 10.5 Å². The Bertz CT molecular complexity index is 837. The lowest BCUT2D eigenvalue weighted by Crippen LogP contribution is -2.14. The molecule has 0 unspecified atom stereocenters. The van der Waals surface area contributed by atoms with Gasteiger partial charge in [-0.25, -0.2) is 4.98 Å². The molecule has 0 radical (unpaired) electrons. The third-order valence-electron chi connectivity index (χ3n) is 3.21. The van der Waals surface area contributed by atoms with Crippen LogP contribution in [-0.2, 0) is 0 Å². The largest absolute Gasteiger partial charge is 0.496 e. The van der Waals surface area contributed by atoms with Crippen LogP contribution in [0, 0.1) is 6.92 Å². The minimum atomic E-state index is -0.101. The zero-order valence-electron chi connectivity index (χ0n) is 11.3. The lowest BCUT2D eigenvalue weighted by atomic mass is 10.1. The van der Waals surface area contributed by atoms with Crippen LogP contribution in [0.1, 0.15) is 5.56 Å². The van der Waals surface area contributed by atoms with Gasteiger partial charge in [0.25, 0.3) is 5.56 Å². The van der Waals surface area contributed by atoms with Crippen LogP contribution >= 0.6 is 0 Å². The summed E-state index contributed by atoms with van der Waals surface area (Å²) in [6.07, 6.45) is 1.74. The van der Waals surface area contributed by atoms with Gasteiger partial charge in [-0.3, -0.25) is 9.20 Å². The van der Waals surface area contributed by atoms with Gasteiger partial charge in [-0.1, -0.05) is 12.1 Å². The van der Waals surface area contributed by atoms with Crippen LogP contribution in [0.15, 0.2) is 53.5 Å². The molecule has 0 atom stereocenters. The lowest BCUT2D eigenvalue weighted by Gasteiger charge is -2.08. The summed E-state index contributed by atoms with van der Waals surface area (Å²) < 4.78 is 6.86. The molecule has 0 fully saturated rings. The number of methoxy groups -OCH3 is 1. The molecule has 2 aromatic heterocycles. The van der Waals surface area contributed by atoms with Crippen LogP contribution in [0.5, 0.6) is 5.75 Å². The average Bonchev–Trinajstić information content (AvgIpc) is 2.46. The maximum absolute atomic E-state index is 12.2. The second-order valence-corrected chi connectivity index (χ2v) is 4.61. The lowest BCUT2D eigenvalue weighted by molar-refractivity contribution is 0.416. The zero-order valence-corrected chi connectivity index (χ0v) is 11.3. The Balaban J connectivity index is 2.29. The molecule has 100 valence electrons. The van der Waals surface area contributed by atoms with Gasteiger partial charge in [0.15, 0.2) is 0 Å². The van der Waals surface area contributed by atoms with Crippen molar-refractivity contribution in [3.8, 4) is 17.0 Å². The Labute approximate surface area is 116 Å². The summed E-state index contributed by atoms with van der Waals surface area (Å²) in [7, 11) is 1.61. The molecule has 1 aromatic carbocycles. The molecule has 0 aliphatic heterocycles. The predicted molar refractivity (Wildman–Crippen MR) is 78.2 cm³/mol. The molecule has 4 heteroatoms. The van der Waals surface area contributed by atoms with Crippen molar-refractivity contribution < 1.29 is 4.74 Å². The van der Waals surface area contributed by atoms with Gasteiger partial charge in [-0.2, -0.15) is 0 Å². The molecule has 0 aliphatic rings. The number of hydrogen-bond acceptors (Lipinski definition) is 3. The fourth-order valence-electron chi connectivity index (χ4n) is 2.20. The van der Waals surface area contributed by atoms with Crippen LogP contribution in [0.25, 0.3) is 16.9 Å². The van der Waals surface area contributed by atoms with E-state index in [0.29, 0.717) is 17.1 Å². The third-order valence-corrected chi connectivity index (χ3v) is 3.21. The van der Waals surface area contributed by atoms with Crippen LogP contribution in [0.4, 0.5) is 0 Å². The Morgan fingerprint density at radius 1 is 1.15 bits per heavy atom.